The molecular weight excluding hydrogens is 278 g/mol. The van der Waals surface area contributed by atoms with Crippen molar-refractivity contribution in [3.05, 3.63) is 30.4 Å². The van der Waals surface area contributed by atoms with Crippen LogP contribution >= 0.6 is 11.3 Å². The number of hydrogen-bond acceptors (Lipinski definition) is 8. The third-order valence-electron chi connectivity index (χ3n) is 2.63. The van der Waals surface area contributed by atoms with Crippen LogP contribution in [0.15, 0.2) is 29.2 Å². The number of rotatable bonds is 2. The maximum absolute atomic E-state index is 5.06. The summed E-state index contributed by atoms with van der Waals surface area (Å²) in [6, 6.07) is 1.83. The first-order valence-electron chi connectivity index (χ1n) is 5.73. The van der Waals surface area contributed by atoms with Gasteiger partial charge in [0.15, 0.2) is 5.01 Å². The van der Waals surface area contributed by atoms with Crippen molar-refractivity contribution >= 4 is 16.3 Å². The van der Waals surface area contributed by atoms with Crippen LogP contribution in [0.3, 0.4) is 0 Å². The molecule has 98 valence electrons. The van der Waals surface area contributed by atoms with E-state index in [9.17, 15) is 0 Å². The van der Waals surface area contributed by atoms with E-state index in [2.05, 4.69) is 30.4 Å². The quantitative estimate of drug-likeness (QED) is 0.552. The third-order valence-corrected chi connectivity index (χ3v) is 3.55. The van der Waals surface area contributed by atoms with Crippen molar-refractivity contribution in [2.75, 3.05) is 0 Å². The Morgan fingerprint density at radius 1 is 1.20 bits per heavy atom. The van der Waals surface area contributed by atoms with Crippen molar-refractivity contribution in [1.29, 1.82) is 0 Å². The third kappa shape index (κ3) is 1.67. The molecular formula is C11H7N7OS. The molecule has 0 saturated heterocycles. The standard InChI is InChI=1S/C11H7N7OS/c1-6-4-7(17-19-6)10-16-18-9(14-15-11(18)20-10)8-5-12-2-3-13-8/h2-5H,1H3. The van der Waals surface area contributed by atoms with E-state index in [0.29, 0.717) is 22.2 Å². The fourth-order valence-electron chi connectivity index (χ4n) is 1.76. The topological polar surface area (TPSA) is 94.9 Å². The second-order valence-corrected chi connectivity index (χ2v) is 4.99. The van der Waals surface area contributed by atoms with Crippen LogP contribution in [0.5, 0.6) is 0 Å². The molecule has 4 rings (SSSR count). The van der Waals surface area contributed by atoms with Crippen molar-refractivity contribution in [3.8, 4) is 22.2 Å². The minimum atomic E-state index is 0.552. The van der Waals surface area contributed by atoms with Crippen LogP contribution in [0.2, 0.25) is 0 Å². The normalized spacial score (nSPS) is 11.2. The Morgan fingerprint density at radius 2 is 2.15 bits per heavy atom. The SMILES string of the molecule is Cc1cc(-c2nn3c(-c4cnccn4)nnc3s2)no1. The molecule has 0 aromatic carbocycles. The van der Waals surface area contributed by atoms with E-state index in [1.54, 1.807) is 23.1 Å². The Balaban J connectivity index is 1.87. The van der Waals surface area contributed by atoms with Gasteiger partial charge in [0.1, 0.15) is 17.1 Å². The molecule has 0 bridgehead atoms. The lowest BCUT2D eigenvalue weighted by Crippen LogP contribution is -1.93. The molecule has 20 heavy (non-hydrogen) atoms. The van der Waals surface area contributed by atoms with E-state index < -0.39 is 0 Å². The summed E-state index contributed by atoms with van der Waals surface area (Å²) in [6.07, 6.45) is 4.83. The highest BCUT2D eigenvalue weighted by atomic mass is 32.1. The largest absolute Gasteiger partial charge is 0.361 e. The molecule has 0 unspecified atom stereocenters. The Bertz CT molecular complexity index is 879. The first-order valence-corrected chi connectivity index (χ1v) is 6.55. The van der Waals surface area contributed by atoms with Crippen LogP contribution in [0, 0.1) is 6.92 Å². The molecule has 9 heteroatoms. The number of nitrogens with zero attached hydrogens (tertiary/aromatic N) is 7. The molecule has 0 amide bonds. The summed E-state index contributed by atoms with van der Waals surface area (Å²) >= 11 is 1.39. The molecule has 0 radical (unpaired) electrons. The van der Waals surface area contributed by atoms with Gasteiger partial charge < -0.3 is 4.52 Å². The molecule has 0 spiro atoms. The summed E-state index contributed by atoms with van der Waals surface area (Å²) < 4.78 is 6.69. The number of fused-ring (bicyclic) bond motifs is 1. The molecule has 0 N–H and O–H groups in total. The van der Waals surface area contributed by atoms with Crippen LogP contribution in [0.1, 0.15) is 5.76 Å². The molecule has 4 aromatic heterocycles. The second kappa shape index (κ2) is 4.17. The first-order chi connectivity index (χ1) is 9.81. The predicted octanol–water partition coefficient (Wildman–Crippen LogP) is 1.61. The van der Waals surface area contributed by atoms with Crippen LogP contribution in [0.4, 0.5) is 0 Å². The smallest absolute Gasteiger partial charge is 0.235 e. The average molecular weight is 285 g/mol. The molecule has 4 aromatic rings. The van der Waals surface area contributed by atoms with Gasteiger partial charge in [-0.1, -0.05) is 16.5 Å². The van der Waals surface area contributed by atoms with Crippen molar-refractivity contribution in [1.82, 2.24) is 34.9 Å². The number of hydrogen-bond donors (Lipinski definition) is 0. The Morgan fingerprint density at radius 3 is 2.90 bits per heavy atom. The summed E-state index contributed by atoms with van der Waals surface area (Å²) in [6.45, 7) is 1.84. The van der Waals surface area contributed by atoms with Crippen LogP contribution in [0.25, 0.3) is 27.2 Å². The van der Waals surface area contributed by atoms with Crippen molar-refractivity contribution < 1.29 is 4.52 Å². The fourth-order valence-corrected chi connectivity index (χ4v) is 2.55. The molecule has 8 nitrogen and oxygen atoms in total. The fraction of sp³-hybridized carbons (Fsp3) is 0.0909. The lowest BCUT2D eigenvalue weighted by Gasteiger charge is -1.93. The maximum atomic E-state index is 5.06. The van der Waals surface area contributed by atoms with Crippen molar-refractivity contribution in [2.24, 2.45) is 0 Å². The van der Waals surface area contributed by atoms with Gasteiger partial charge in [0.05, 0.1) is 6.20 Å². The van der Waals surface area contributed by atoms with E-state index in [4.69, 9.17) is 4.52 Å². The summed E-state index contributed by atoms with van der Waals surface area (Å²) in [5.41, 5.74) is 1.30. The van der Waals surface area contributed by atoms with E-state index in [0.717, 1.165) is 10.8 Å². The van der Waals surface area contributed by atoms with Crippen LogP contribution in [-0.2, 0) is 0 Å². The first kappa shape index (κ1) is 11.2. The molecule has 4 heterocycles. The highest BCUT2D eigenvalue weighted by Crippen LogP contribution is 2.26. The summed E-state index contributed by atoms with van der Waals surface area (Å²) in [4.78, 5) is 8.89. The predicted molar refractivity (Wildman–Crippen MR) is 69.9 cm³/mol. The molecule has 0 aliphatic heterocycles. The Kier molecular flexibility index (Phi) is 2.33. The zero-order chi connectivity index (χ0) is 13.5. The Hall–Kier alpha value is -2.68. The Labute approximate surface area is 116 Å². The molecule has 0 saturated carbocycles. The van der Waals surface area contributed by atoms with Gasteiger partial charge in [0.25, 0.3) is 0 Å². The minimum Gasteiger partial charge on any atom is -0.361 e. The van der Waals surface area contributed by atoms with Gasteiger partial charge in [-0.15, -0.1) is 10.2 Å². The van der Waals surface area contributed by atoms with E-state index in [1.807, 2.05) is 13.0 Å². The lowest BCUT2D eigenvalue weighted by atomic mass is 10.4. The molecule has 0 atom stereocenters. The van der Waals surface area contributed by atoms with Gasteiger partial charge in [-0.25, -0.2) is 4.98 Å². The number of aryl methyl sites for hydroxylation is 1. The average Bonchev–Trinajstić information content (AvgIpc) is 3.13. The summed E-state index contributed by atoms with van der Waals surface area (Å²) in [5.74, 6) is 1.29. The molecule has 0 fully saturated rings. The van der Waals surface area contributed by atoms with Gasteiger partial charge in [-0.3, -0.25) is 4.98 Å². The summed E-state index contributed by atoms with van der Waals surface area (Å²) in [5, 5.41) is 17.3. The minimum absolute atomic E-state index is 0.552. The lowest BCUT2D eigenvalue weighted by molar-refractivity contribution is 0.399. The zero-order valence-electron chi connectivity index (χ0n) is 10.3. The van der Waals surface area contributed by atoms with Gasteiger partial charge >= 0.3 is 0 Å². The van der Waals surface area contributed by atoms with Crippen molar-refractivity contribution in [2.45, 2.75) is 6.92 Å². The van der Waals surface area contributed by atoms with E-state index in [-0.39, 0.29) is 0 Å². The highest BCUT2D eigenvalue weighted by Gasteiger charge is 2.16. The van der Waals surface area contributed by atoms with Crippen molar-refractivity contribution in [3.63, 3.8) is 0 Å². The van der Waals surface area contributed by atoms with Crippen LogP contribution in [-0.4, -0.2) is 34.9 Å². The van der Waals surface area contributed by atoms with Gasteiger partial charge in [0, 0.05) is 18.5 Å². The molecule has 0 aliphatic carbocycles. The highest BCUT2D eigenvalue weighted by molar-refractivity contribution is 7.19. The number of aromatic nitrogens is 7. The maximum Gasteiger partial charge on any atom is 0.235 e. The van der Waals surface area contributed by atoms with E-state index >= 15 is 0 Å². The van der Waals surface area contributed by atoms with Crippen LogP contribution < -0.4 is 0 Å². The van der Waals surface area contributed by atoms with Gasteiger partial charge in [0.2, 0.25) is 10.8 Å². The second-order valence-electron chi connectivity index (χ2n) is 4.04. The summed E-state index contributed by atoms with van der Waals surface area (Å²) in [7, 11) is 0. The van der Waals surface area contributed by atoms with E-state index in [1.165, 1.54) is 11.3 Å². The zero-order valence-corrected chi connectivity index (χ0v) is 11.1. The van der Waals surface area contributed by atoms with Gasteiger partial charge in [-0.2, -0.15) is 9.61 Å². The molecule has 0 aliphatic rings. The van der Waals surface area contributed by atoms with Gasteiger partial charge in [-0.05, 0) is 6.92 Å². The monoisotopic (exact) mass is 285 g/mol.